The van der Waals surface area contributed by atoms with Crippen LogP contribution < -0.4 is 5.46 Å². The van der Waals surface area contributed by atoms with Gasteiger partial charge in [-0.3, -0.25) is 0 Å². The monoisotopic (exact) mass is 1400 g/mol. The standard InChI is InChI=1S/C48H30S.C30H21BO2.C18H11BrS/c1-2-13-36-31(11-1)12-9-19-37(36)32-23-27-34(28-24-32)46-40-15-3-5-17-42(40)47(43-18-6-4-16-41(43)46)35-29-25-33(26-30-35)38-20-10-21-44-39-14-7-8-22-45(39)49-48(38)44;32-31(33)30-27-13-5-3-11-25(27)29(26-12-4-6-14-28(26)30)22-18-16-21(17-19-22)24-15-7-9-20-8-1-2-10-23(20)24;19-13-10-8-12(9-11-13)14-5-3-6-16-15-4-1-2-7-17(15)20-18(14)16/h1-30H;1-19,32-33H;1-11H. The van der Waals surface area contributed by atoms with E-state index in [1.165, 1.54) is 150 Å². The van der Waals surface area contributed by atoms with Gasteiger partial charge in [0, 0.05) is 44.8 Å². The van der Waals surface area contributed by atoms with Crippen LogP contribution in [0.25, 0.3) is 183 Å². The van der Waals surface area contributed by atoms with Crippen molar-refractivity contribution < 1.29 is 10.0 Å². The molecule has 0 spiro atoms. The van der Waals surface area contributed by atoms with Gasteiger partial charge in [0.05, 0.1) is 0 Å². The predicted octanol–water partition coefficient (Wildman–Crippen LogP) is 26.8. The summed E-state index contributed by atoms with van der Waals surface area (Å²) in [5, 5.41) is 39.6. The van der Waals surface area contributed by atoms with E-state index in [4.69, 9.17) is 0 Å². The van der Waals surface area contributed by atoms with Gasteiger partial charge in [0.2, 0.25) is 0 Å². The van der Waals surface area contributed by atoms with Crippen molar-refractivity contribution in [1.29, 1.82) is 0 Å². The maximum absolute atomic E-state index is 10.2. The minimum absolute atomic E-state index is 0.553. The predicted molar refractivity (Wildman–Crippen MR) is 446 cm³/mol. The maximum Gasteiger partial charge on any atom is 0.489 e. The zero-order valence-corrected chi connectivity index (χ0v) is 58.5. The molecule has 0 radical (unpaired) electrons. The van der Waals surface area contributed by atoms with Gasteiger partial charge in [0.25, 0.3) is 0 Å². The molecule has 0 unspecified atom stereocenters. The lowest BCUT2D eigenvalue weighted by molar-refractivity contribution is 0.426. The Hall–Kier alpha value is -11.6. The summed E-state index contributed by atoms with van der Waals surface area (Å²) in [5.74, 6) is 0. The Morgan fingerprint density at radius 1 is 0.206 bits per heavy atom. The molecule has 2 heterocycles. The number of hydrogen-bond donors (Lipinski definition) is 2. The first-order valence-electron chi connectivity index (χ1n) is 34.4. The molecule has 0 saturated heterocycles. The molecule has 0 bridgehead atoms. The van der Waals surface area contributed by atoms with Crippen molar-refractivity contribution in [1.82, 2.24) is 0 Å². The highest BCUT2D eigenvalue weighted by molar-refractivity contribution is 9.10. The van der Waals surface area contributed by atoms with Gasteiger partial charge in [-0.1, -0.05) is 356 Å². The second kappa shape index (κ2) is 26.8. The second-order valence-electron chi connectivity index (χ2n) is 25.9. The molecule has 20 rings (SSSR count). The van der Waals surface area contributed by atoms with Crippen molar-refractivity contribution in [3.05, 3.63) is 368 Å². The molecule has 20 aromatic rings. The Bertz CT molecular complexity index is 6470. The molecule has 2 aromatic heterocycles. The minimum Gasteiger partial charge on any atom is -0.423 e. The van der Waals surface area contributed by atoms with Crippen LogP contribution in [0.3, 0.4) is 0 Å². The molecule has 0 atom stereocenters. The molecule has 6 heteroatoms. The Labute approximate surface area is 607 Å². The highest BCUT2D eigenvalue weighted by Crippen LogP contribution is 2.47. The van der Waals surface area contributed by atoms with Gasteiger partial charge in [-0.25, -0.2) is 0 Å². The van der Waals surface area contributed by atoms with Gasteiger partial charge >= 0.3 is 7.12 Å². The highest BCUT2D eigenvalue weighted by atomic mass is 79.9. The first-order valence-corrected chi connectivity index (χ1v) is 36.9. The maximum atomic E-state index is 10.2. The number of thiophene rings is 2. The normalized spacial score (nSPS) is 11.5. The number of hydrogen-bond acceptors (Lipinski definition) is 4. The van der Waals surface area contributed by atoms with Crippen LogP contribution in [0, 0.1) is 0 Å². The average molecular weight is 1400 g/mol. The van der Waals surface area contributed by atoms with E-state index in [0.717, 1.165) is 37.1 Å². The van der Waals surface area contributed by atoms with Crippen LogP contribution in [-0.2, 0) is 0 Å². The summed E-state index contributed by atoms with van der Waals surface area (Å²) in [5.41, 5.74) is 17.8. The first kappa shape index (κ1) is 62.7. The van der Waals surface area contributed by atoms with Crippen molar-refractivity contribution in [3.63, 3.8) is 0 Å². The number of rotatable bonds is 8. The van der Waals surface area contributed by atoms with Gasteiger partial charge in [0.15, 0.2) is 0 Å². The second-order valence-corrected chi connectivity index (χ2v) is 29.0. The lowest BCUT2D eigenvalue weighted by atomic mass is 9.72. The fourth-order valence-corrected chi connectivity index (χ4v) is 18.2. The summed E-state index contributed by atoms with van der Waals surface area (Å²) in [7, 11) is -1.54. The fourth-order valence-electron chi connectivity index (χ4n) is 15.5. The van der Waals surface area contributed by atoms with Crippen molar-refractivity contribution in [2.24, 2.45) is 0 Å². The zero-order chi connectivity index (χ0) is 68.2. The molecular formula is C96H62BBrO2S2. The third kappa shape index (κ3) is 11.3. The smallest absolute Gasteiger partial charge is 0.423 e. The van der Waals surface area contributed by atoms with Crippen molar-refractivity contribution in [2.45, 2.75) is 0 Å². The van der Waals surface area contributed by atoms with E-state index in [1.807, 2.05) is 59.1 Å². The number of fused-ring (bicyclic) bond motifs is 12. The van der Waals surface area contributed by atoms with E-state index in [0.29, 0.717) is 5.46 Å². The summed E-state index contributed by atoms with van der Waals surface area (Å²) in [6.07, 6.45) is 0. The highest BCUT2D eigenvalue weighted by Gasteiger charge is 2.23. The Balaban J connectivity index is 0.000000121. The largest absolute Gasteiger partial charge is 0.489 e. The third-order valence-corrected chi connectivity index (χ3v) is 23.1. The topological polar surface area (TPSA) is 40.5 Å². The molecule has 18 aromatic carbocycles. The van der Waals surface area contributed by atoms with Crippen LogP contribution in [0.15, 0.2) is 368 Å². The van der Waals surface area contributed by atoms with Crippen LogP contribution in [0.4, 0.5) is 0 Å². The summed E-state index contributed by atoms with van der Waals surface area (Å²) < 4.78 is 6.53. The van der Waals surface area contributed by atoms with Crippen LogP contribution in [0.2, 0.25) is 0 Å². The quantitative estimate of drug-likeness (QED) is 0.118. The van der Waals surface area contributed by atoms with E-state index >= 15 is 0 Å². The Morgan fingerprint density at radius 2 is 0.451 bits per heavy atom. The number of halogens is 1. The summed E-state index contributed by atoms with van der Waals surface area (Å²) >= 11 is 7.26. The van der Waals surface area contributed by atoms with E-state index in [1.54, 1.807) is 0 Å². The molecule has 0 aliphatic heterocycles. The molecule has 0 fully saturated rings. The van der Waals surface area contributed by atoms with Gasteiger partial charge in [-0.15, -0.1) is 22.7 Å². The van der Waals surface area contributed by atoms with Crippen LogP contribution in [0.5, 0.6) is 0 Å². The lowest BCUT2D eigenvalue weighted by Gasteiger charge is -2.18. The molecular weight excluding hydrogens is 1340 g/mol. The van der Waals surface area contributed by atoms with E-state index in [-0.39, 0.29) is 0 Å². The van der Waals surface area contributed by atoms with Gasteiger partial charge in [-0.05, 0) is 172 Å². The molecule has 2 N–H and O–H groups in total. The Kier molecular flexibility index (Phi) is 16.5. The molecule has 480 valence electrons. The van der Waals surface area contributed by atoms with Crippen LogP contribution >= 0.6 is 38.6 Å². The van der Waals surface area contributed by atoms with Crippen LogP contribution in [0.1, 0.15) is 0 Å². The molecule has 102 heavy (non-hydrogen) atoms. The van der Waals surface area contributed by atoms with Gasteiger partial charge in [-0.2, -0.15) is 0 Å². The molecule has 2 nitrogen and oxygen atoms in total. The fraction of sp³-hybridized carbons (Fsp3) is 0. The Morgan fingerprint density at radius 3 is 0.814 bits per heavy atom. The molecule has 0 amide bonds. The molecule has 0 saturated carbocycles. The third-order valence-electron chi connectivity index (χ3n) is 20.2. The van der Waals surface area contributed by atoms with Crippen LogP contribution in [-0.4, -0.2) is 17.2 Å². The summed E-state index contributed by atoms with van der Waals surface area (Å²) in [6.45, 7) is 0. The SMILES string of the molecule is Brc1ccc(-c2cccc3c2sc2ccccc23)cc1.OB(O)c1c2ccccc2c(-c2ccc(-c3cccc4ccccc34)cc2)c2ccccc12.c1ccc2c(-c3ccc(-c4c5ccccc5c(-c5ccc(-c6cccc7c6sc6ccccc67)cc5)c5ccccc45)cc3)cccc2c1. The van der Waals surface area contributed by atoms with Gasteiger partial charge in [0.1, 0.15) is 0 Å². The van der Waals surface area contributed by atoms with Crippen molar-refractivity contribution in [2.75, 3.05) is 0 Å². The van der Waals surface area contributed by atoms with Crippen molar-refractivity contribution >= 4 is 156 Å². The molecule has 0 aliphatic rings. The van der Waals surface area contributed by atoms with Crippen molar-refractivity contribution in [3.8, 4) is 77.9 Å². The summed E-state index contributed by atoms with van der Waals surface area (Å²) in [4.78, 5) is 0. The zero-order valence-electron chi connectivity index (χ0n) is 55.3. The van der Waals surface area contributed by atoms with E-state index in [2.05, 4.69) is 344 Å². The lowest BCUT2D eigenvalue weighted by Crippen LogP contribution is -2.31. The summed E-state index contributed by atoms with van der Waals surface area (Å²) in [6, 6.07) is 130. The average Bonchev–Trinajstić information content (AvgIpc) is 1.05. The number of benzene rings is 18. The van der Waals surface area contributed by atoms with E-state index < -0.39 is 7.12 Å². The first-order chi connectivity index (χ1) is 50.4. The molecule has 0 aliphatic carbocycles. The van der Waals surface area contributed by atoms with E-state index in [9.17, 15) is 10.0 Å². The van der Waals surface area contributed by atoms with Gasteiger partial charge < -0.3 is 10.0 Å². The minimum atomic E-state index is -1.54.